The zero-order valence-corrected chi connectivity index (χ0v) is 9.04. The van der Waals surface area contributed by atoms with E-state index >= 15 is 0 Å². The maximum atomic E-state index is 9.66. The van der Waals surface area contributed by atoms with Gasteiger partial charge in [-0.15, -0.1) is 0 Å². The number of nitrogens with one attached hydrogen (secondary N) is 1. The highest BCUT2D eigenvalue weighted by Crippen LogP contribution is 2.40. The van der Waals surface area contributed by atoms with E-state index < -0.39 is 0 Å². The highest BCUT2D eigenvalue weighted by atomic mass is 35.5. The van der Waals surface area contributed by atoms with Crippen molar-refractivity contribution in [2.45, 2.75) is 18.6 Å². The highest BCUT2D eigenvalue weighted by molar-refractivity contribution is 6.34. The molecule has 0 bridgehead atoms. The fraction of sp³-hybridized carbons (Fsp3) is 0.455. The average molecular weight is 225 g/mol. The molecule has 1 fully saturated rings. The van der Waals surface area contributed by atoms with Crippen LogP contribution in [0.4, 0.5) is 11.4 Å². The lowest BCUT2D eigenvalue weighted by atomic mass is 10.1. The Hall–Kier alpha value is -0.930. The second-order valence-electron chi connectivity index (χ2n) is 4.21. The minimum absolute atomic E-state index is 0.223. The minimum atomic E-state index is -0.223. The van der Waals surface area contributed by atoms with E-state index in [-0.39, 0.29) is 6.10 Å². The maximum absolute atomic E-state index is 9.66. The van der Waals surface area contributed by atoms with Crippen LogP contribution in [0.2, 0.25) is 5.02 Å². The Morgan fingerprint density at radius 3 is 3.20 bits per heavy atom. The topological polar surface area (TPSA) is 35.5 Å². The standard InChI is InChI=1S/C11H13ClN2O/c12-9-2-1-3-10-11(9)14-6-8(15)4-7(14)5-13-10/h1-3,7-8,13,15H,4-6H2. The summed E-state index contributed by atoms with van der Waals surface area (Å²) >= 11 is 6.19. The largest absolute Gasteiger partial charge is 0.391 e. The van der Waals surface area contributed by atoms with Crippen LogP contribution in [-0.2, 0) is 0 Å². The molecule has 3 rings (SSSR count). The van der Waals surface area contributed by atoms with Gasteiger partial charge in [-0.25, -0.2) is 0 Å². The van der Waals surface area contributed by atoms with Crippen molar-refractivity contribution in [2.24, 2.45) is 0 Å². The van der Waals surface area contributed by atoms with Crippen LogP contribution in [-0.4, -0.2) is 30.3 Å². The summed E-state index contributed by atoms with van der Waals surface area (Å²) in [7, 11) is 0. The van der Waals surface area contributed by atoms with Gasteiger partial charge in [0.15, 0.2) is 0 Å². The van der Waals surface area contributed by atoms with Crippen LogP contribution < -0.4 is 10.2 Å². The minimum Gasteiger partial charge on any atom is -0.391 e. The molecule has 0 amide bonds. The van der Waals surface area contributed by atoms with Gasteiger partial charge in [-0.05, 0) is 18.6 Å². The van der Waals surface area contributed by atoms with Crippen LogP contribution in [0.5, 0.6) is 0 Å². The van der Waals surface area contributed by atoms with Crippen molar-refractivity contribution in [3.8, 4) is 0 Å². The first-order valence-corrected chi connectivity index (χ1v) is 5.60. The summed E-state index contributed by atoms with van der Waals surface area (Å²) in [6, 6.07) is 6.26. The second kappa shape index (κ2) is 3.29. The molecule has 1 aromatic carbocycles. The molecule has 0 aliphatic carbocycles. The average Bonchev–Trinajstić information content (AvgIpc) is 2.58. The Morgan fingerprint density at radius 2 is 2.33 bits per heavy atom. The van der Waals surface area contributed by atoms with Crippen LogP contribution in [0.1, 0.15) is 6.42 Å². The van der Waals surface area contributed by atoms with Crippen LogP contribution in [0, 0.1) is 0 Å². The van der Waals surface area contributed by atoms with E-state index in [0.29, 0.717) is 12.6 Å². The zero-order valence-electron chi connectivity index (χ0n) is 8.28. The van der Waals surface area contributed by atoms with Crippen molar-refractivity contribution in [3.05, 3.63) is 23.2 Å². The van der Waals surface area contributed by atoms with Gasteiger partial charge in [0, 0.05) is 19.1 Å². The molecule has 2 atom stereocenters. The van der Waals surface area contributed by atoms with E-state index in [1.165, 1.54) is 0 Å². The Labute approximate surface area is 93.7 Å². The summed E-state index contributed by atoms with van der Waals surface area (Å²) in [5.41, 5.74) is 2.12. The second-order valence-corrected chi connectivity index (χ2v) is 4.62. The van der Waals surface area contributed by atoms with E-state index in [1.807, 2.05) is 18.2 Å². The van der Waals surface area contributed by atoms with E-state index in [4.69, 9.17) is 11.6 Å². The molecule has 3 nitrogen and oxygen atoms in total. The van der Waals surface area contributed by atoms with Gasteiger partial charge in [0.05, 0.1) is 22.5 Å². The Balaban J connectivity index is 2.07. The Kier molecular flexibility index (Phi) is 2.04. The molecule has 1 aromatic rings. The first kappa shape index (κ1) is 9.31. The number of aliphatic hydroxyl groups excluding tert-OH is 1. The van der Waals surface area contributed by atoms with Crippen molar-refractivity contribution in [3.63, 3.8) is 0 Å². The number of fused-ring (bicyclic) bond motifs is 3. The molecular formula is C11H13ClN2O. The van der Waals surface area contributed by atoms with Gasteiger partial charge in [-0.2, -0.15) is 0 Å². The van der Waals surface area contributed by atoms with Crippen molar-refractivity contribution in [2.75, 3.05) is 23.3 Å². The third kappa shape index (κ3) is 1.38. The van der Waals surface area contributed by atoms with E-state index in [9.17, 15) is 5.11 Å². The molecule has 2 aliphatic heterocycles. The molecule has 15 heavy (non-hydrogen) atoms. The number of para-hydroxylation sites is 1. The molecule has 0 saturated carbocycles. The smallest absolute Gasteiger partial charge is 0.0795 e. The third-order valence-corrected chi connectivity index (χ3v) is 3.50. The van der Waals surface area contributed by atoms with E-state index in [1.54, 1.807) is 0 Å². The first-order chi connectivity index (χ1) is 7.25. The van der Waals surface area contributed by atoms with Gasteiger partial charge in [0.25, 0.3) is 0 Å². The SMILES string of the molecule is OC1CC2CNc3cccc(Cl)c3N2C1. The van der Waals surface area contributed by atoms with E-state index in [0.717, 1.165) is 29.4 Å². The number of halogens is 1. The summed E-state index contributed by atoms with van der Waals surface area (Å²) in [6.07, 6.45) is 0.608. The van der Waals surface area contributed by atoms with Crippen LogP contribution in [0.25, 0.3) is 0 Å². The van der Waals surface area contributed by atoms with Gasteiger partial charge in [0.2, 0.25) is 0 Å². The number of rotatable bonds is 0. The number of benzene rings is 1. The molecule has 80 valence electrons. The highest BCUT2D eigenvalue weighted by Gasteiger charge is 2.35. The van der Waals surface area contributed by atoms with Crippen molar-refractivity contribution in [1.29, 1.82) is 0 Å². The molecule has 2 N–H and O–H groups in total. The van der Waals surface area contributed by atoms with E-state index in [2.05, 4.69) is 10.2 Å². The lowest BCUT2D eigenvalue weighted by Crippen LogP contribution is -2.39. The number of hydrogen-bond acceptors (Lipinski definition) is 3. The normalized spacial score (nSPS) is 28.3. The molecule has 1 saturated heterocycles. The van der Waals surface area contributed by atoms with Gasteiger partial charge in [-0.1, -0.05) is 17.7 Å². The summed E-state index contributed by atoms with van der Waals surface area (Å²) < 4.78 is 0. The van der Waals surface area contributed by atoms with Crippen molar-refractivity contribution in [1.82, 2.24) is 0 Å². The maximum Gasteiger partial charge on any atom is 0.0795 e. The fourth-order valence-electron chi connectivity index (χ4n) is 2.54. The summed E-state index contributed by atoms with van der Waals surface area (Å²) in [4.78, 5) is 2.22. The lowest BCUT2D eigenvalue weighted by molar-refractivity contribution is 0.195. The molecule has 2 unspecified atom stereocenters. The number of nitrogens with zero attached hydrogens (tertiary/aromatic N) is 1. The Bertz CT molecular complexity index is 396. The summed E-state index contributed by atoms with van der Waals surface area (Å²) in [6.45, 7) is 1.59. The number of anilines is 2. The fourth-order valence-corrected chi connectivity index (χ4v) is 2.82. The first-order valence-electron chi connectivity index (χ1n) is 5.23. The van der Waals surface area contributed by atoms with Gasteiger partial charge < -0.3 is 15.3 Å². The van der Waals surface area contributed by atoms with Crippen molar-refractivity contribution < 1.29 is 5.11 Å². The predicted octanol–water partition coefficient (Wildman–Crippen LogP) is 1.71. The molecule has 0 aromatic heterocycles. The molecule has 0 spiro atoms. The lowest BCUT2D eigenvalue weighted by Gasteiger charge is -2.34. The number of hydrogen-bond donors (Lipinski definition) is 2. The molecule has 4 heteroatoms. The molecule has 2 aliphatic rings. The van der Waals surface area contributed by atoms with Gasteiger partial charge in [-0.3, -0.25) is 0 Å². The zero-order chi connectivity index (χ0) is 10.4. The number of aliphatic hydroxyl groups is 1. The molecule has 0 radical (unpaired) electrons. The molecule has 2 heterocycles. The molecular weight excluding hydrogens is 212 g/mol. The summed E-state index contributed by atoms with van der Waals surface area (Å²) in [5, 5.41) is 13.8. The van der Waals surface area contributed by atoms with Crippen LogP contribution >= 0.6 is 11.6 Å². The van der Waals surface area contributed by atoms with Gasteiger partial charge >= 0.3 is 0 Å². The monoisotopic (exact) mass is 224 g/mol. The summed E-state index contributed by atoms with van der Waals surface area (Å²) in [5.74, 6) is 0. The quantitative estimate of drug-likeness (QED) is 0.704. The third-order valence-electron chi connectivity index (χ3n) is 3.19. The van der Waals surface area contributed by atoms with Crippen LogP contribution in [0.3, 0.4) is 0 Å². The predicted molar refractivity (Wildman–Crippen MR) is 61.7 cm³/mol. The Morgan fingerprint density at radius 1 is 1.47 bits per heavy atom. The van der Waals surface area contributed by atoms with Crippen molar-refractivity contribution >= 4 is 23.0 Å². The van der Waals surface area contributed by atoms with Gasteiger partial charge in [0.1, 0.15) is 0 Å². The van der Waals surface area contributed by atoms with Crippen LogP contribution in [0.15, 0.2) is 18.2 Å².